The number of hydroxylamine groups is 2. The van der Waals surface area contributed by atoms with E-state index in [-0.39, 0.29) is 0 Å². The lowest BCUT2D eigenvalue weighted by Crippen LogP contribution is -2.70. The van der Waals surface area contributed by atoms with Crippen LogP contribution >= 0.6 is 0 Å². The Morgan fingerprint density at radius 3 is 1.11 bits per heavy atom. The van der Waals surface area contributed by atoms with E-state index in [0.717, 1.165) is 14.2 Å². The van der Waals surface area contributed by atoms with Crippen LogP contribution in [0.2, 0.25) is 0 Å². The monoisotopic (exact) mass is 1230 g/mol. The van der Waals surface area contributed by atoms with E-state index in [2.05, 4.69) is 25.3 Å². The van der Waals surface area contributed by atoms with Gasteiger partial charge in [-0.05, 0) is 0 Å². The summed E-state index contributed by atoms with van der Waals surface area (Å²) in [6, 6.07) is -4.88. The van der Waals surface area contributed by atoms with Gasteiger partial charge in [-0.1, -0.05) is 0 Å². The van der Waals surface area contributed by atoms with Crippen molar-refractivity contribution in [3.05, 3.63) is 0 Å². The normalized spacial score (nSPS) is 37.7. The van der Waals surface area contributed by atoms with Gasteiger partial charge in [-0.25, -0.2) is 26.3 Å². The molecular weight excluding hydrogens is 1190 g/mol. The first-order chi connectivity index (χ1) is 34.1. The van der Waals surface area contributed by atoms with E-state index >= 15 is 0 Å². The van der Waals surface area contributed by atoms with E-state index < -0.39 is 210 Å². The number of carboxylic acids is 2. The second-order valence-corrected chi connectivity index (χ2v) is 21.3. The van der Waals surface area contributed by atoms with Crippen LogP contribution in [-0.2, 0) is 140 Å². The summed E-state index contributed by atoms with van der Waals surface area (Å²) < 4.78 is 269. The fourth-order valence-electron chi connectivity index (χ4n) is 7.19. The van der Waals surface area contributed by atoms with Gasteiger partial charge in [0, 0.05) is 14.2 Å². The number of aliphatic hydroxyl groups is 4. The van der Waals surface area contributed by atoms with Crippen molar-refractivity contribution in [2.24, 2.45) is 0 Å². The molecule has 0 unspecified atom stereocenters. The van der Waals surface area contributed by atoms with Crippen LogP contribution in [0.4, 0.5) is 0 Å². The number of hydrogen-bond donors (Lipinski definition) is 14. The molecule has 0 saturated carbocycles. The zero-order valence-electron chi connectivity index (χ0n) is 36.6. The molecule has 75 heavy (non-hydrogen) atoms. The highest BCUT2D eigenvalue weighted by Gasteiger charge is 2.59. The predicted octanol–water partition coefficient (Wildman–Crippen LogP) is -10.3. The highest BCUT2D eigenvalue weighted by molar-refractivity contribution is 7.82. The van der Waals surface area contributed by atoms with E-state index in [1.54, 1.807) is 5.48 Å². The lowest BCUT2D eigenvalue weighted by atomic mass is 9.94. The van der Waals surface area contributed by atoms with Gasteiger partial charge in [-0.2, -0.15) is 70.0 Å². The molecule has 0 aromatic heterocycles. The lowest BCUT2D eigenvalue weighted by molar-refractivity contribution is -0.371. The number of aliphatic hydroxyl groups excluding tert-OH is 4. The molecule has 0 aromatic rings. The minimum absolute atomic E-state index is 0.760. The number of hydrogen-bond acceptors (Lipinski definition) is 35. The van der Waals surface area contributed by atoms with E-state index in [4.69, 9.17) is 47.2 Å². The van der Waals surface area contributed by atoms with Gasteiger partial charge in [0.15, 0.2) is 49.6 Å². The topological polar surface area (TPSA) is 644 Å². The Balaban J connectivity index is 1.83. The van der Waals surface area contributed by atoms with Crippen LogP contribution in [0.1, 0.15) is 0 Å². The molecule has 4 rings (SSSR count). The Hall–Kier alpha value is -2.44. The molecule has 0 aliphatic carbocycles. The molecule has 0 radical (unpaired) electrons. The molecule has 4 aliphatic heterocycles. The third kappa shape index (κ3) is 18.8. The second-order valence-electron chi connectivity index (χ2n) is 15.0. The summed E-state index contributed by atoms with van der Waals surface area (Å²) in [5, 5.41) is 65.6. The molecule has 0 aromatic carbocycles. The molecule has 14 N–H and O–H groups in total. The third-order valence-corrected chi connectivity index (χ3v) is 12.5. The molecule has 4 saturated heterocycles. The van der Waals surface area contributed by atoms with E-state index in [1.807, 2.05) is 0 Å². The number of nitrogens with one attached hydrogen (secondary N) is 2. The Morgan fingerprint density at radius 1 is 0.427 bits per heavy atom. The molecule has 4 fully saturated rings. The van der Waals surface area contributed by atoms with Crippen molar-refractivity contribution in [3.8, 4) is 0 Å². The first-order valence-electron chi connectivity index (χ1n) is 19.3. The van der Waals surface area contributed by atoms with Gasteiger partial charge in [-0.3, -0.25) is 27.3 Å². The van der Waals surface area contributed by atoms with Crippen molar-refractivity contribution < 1.29 is 186 Å². The highest BCUT2D eigenvalue weighted by atomic mass is 32.3. The van der Waals surface area contributed by atoms with Gasteiger partial charge >= 0.3 is 74.3 Å². The summed E-state index contributed by atoms with van der Waals surface area (Å²) in [5.41, 5.74) is 2.95. The van der Waals surface area contributed by atoms with Gasteiger partial charge in [0.1, 0.15) is 73.1 Å². The van der Waals surface area contributed by atoms with Crippen LogP contribution in [0.25, 0.3) is 0 Å². The van der Waals surface area contributed by atoms with Crippen LogP contribution in [-0.4, -0.2) is 271 Å². The van der Waals surface area contributed by atoms with Crippen molar-refractivity contribution in [3.63, 3.8) is 0 Å². The molecule has 20 atom stereocenters. The zero-order valence-corrected chi connectivity index (χ0v) is 41.5. The fourth-order valence-corrected chi connectivity index (χ4v) is 9.23. The highest BCUT2D eigenvalue weighted by Crippen LogP contribution is 2.37. The molecule has 0 spiro atoms. The lowest BCUT2D eigenvalue weighted by Gasteiger charge is -2.49. The van der Waals surface area contributed by atoms with Crippen molar-refractivity contribution in [2.45, 2.75) is 123 Å². The number of carbonyl (C=O) groups is 2. The zero-order chi connectivity index (χ0) is 57.1. The third-order valence-electron chi connectivity index (χ3n) is 10.1. The number of methoxy groups -OCH3 is 2. The maximum Gasteiger partial charge on any atom is 0.413 e. The standard InChI is InChI=1S/C26H44N2O41S6/c1-55-15-11(31)17(66-72(43,44)45)25(64-19(15)21(33)34)62-14-6(4-58-71(40,41)42)60-24(8(10(14)30)28-69-75(52,53)54)63-16-12(32)18(67-73(46,47)48)26(65-20(16)22(35)36)61-13-5(3-57-70(37,38)39)59-23(56-2)7(9(13)29)27-68-74(49,50)51/h5-20,23-32H,3-4H2,1-2H3,(H,33,34)(H,35,36)(H,37,38,39)(H,40,41,42)(H,43,44,45)(H,46,47,48)(H,49,50,51)(H,52,53,54)/t5-,6-,7-,8-,9-,10-,11+,12+,13-,14-,15+,16+,17-,18-,19-,20-,23+,24-,25+,26+/m0/s1. The van der Waals surface area contributed by atoms with Gasteiger partial charge in [-0.15, -0.1) is 0 Å². The Labute approximate surface area is 420 Å². The van der Waals surface area contributed by atoms with Gasteiger partial charge in [0.25, 0.3) is 0 Å². The first kappa shape index (κ1) is 65.1. The predicted molar refractivity (Wildman–Crippen MR) is 213 cm³/mol. The van der Waals surface area contributed by atoms with E-state index in [9.17, 15) is 113 Å². The van der Waals surface area contributed by atoms with Crippen molar-refractivity contribution in [1.82, 2.24) is 11.0 Å². The quantitative estimate of drug-likeness (QED) is 0.0282. The summed E-state index contributed by atoms with van der Waals surface area (Å²) in [4.78, 5) is 24.9. The number of carboxylic acid groups (broad SMARTS) is 2. The largest absolute Gasteiger partial charge is 0.479 e. The Bertz CT molecular complexity index is 2660. The minimum Gasteiger partial charge on any atom is -0.479 e. The fraction of sp³-hybridized carbons (Fsp3) is 0.923. The molecular formula is C26H44N2O41S6. The van der Waals surface area contributed by atoms with Crippen LogP contribution in [0.15, 0.2) is 0 Å². The average molecular weight is 1230 g/mol. The smallest absolute Gasteiger partial charge is 0.413 e. The van der Waals surface area contributed by atoms with Crippen LogP contribution in [0, 0.1) is 0 Å². The summed E-state index contributed by atoms with van der Waals surface area (Å²) in [6.07, 6.45) is -47.7. The molecule has 440 valence electrons. The van der Waals surface area contributed by atoms with Gasteiger partial charge in [0.05, 0.1) is 13.2 Å². The molecule has 43 nitrogen and oxygen atoms in total. The van der Waals surface area contributed by atoms with E-state index in [0.29, 0.717) is 0 Å². The van der Waals surface area contributed by atoms with Crippen LogP contribution in [0.3, 0.4) is 0 Å². The Morgan fingerprint density at radius 2 is 0.773 bits per heavy atom. The summed E-state index contributed by atoms with van der Waals surface area (Å²) in [5.74, 6) is -4.36. The van der Waals surface area contributed by atoms with Gasteiger partial charge < -0.3 is 73.3 Å². The molecule has 4 heterocycles. The first-order valence-corrected chi connectivity index (χ1v) is 27.5. The maximum atomic E-state index is 12.8. The summed E-state index contributed by atoms with van der Waals surface area (Å²) >= 11 is 0. The molecule has 0 bridgehead atoms. The summed E-state index contributed by atoms with van der Waals surface area (Å²) in [7, 11) is -32.6. The molecule has 49 heteroatoms. The average Bonchev–Trinajstić information content (AvgIpc) is 3.24. The van der Waals surface area contributed by atoms with Crippen molar-refractivity contribution in [2.75, 3.05) is 27.4 Å². The van der Waals surface area contributed by atoms with Gasteiger partial charge in [0.2, 0.25) is 0 Å². The van der Waals surface area contributed by atoms with Crippen LogP contribution in [0.5, 0.6) is 0 Å². The van der Waals surface area contributed by atoms with Crippen molar-refractivity contribution >= 4 is 74.3 Å². The molecule has 4 aliphatic rings. The maximum absolute atomic E-state index is 12.8. The summed E-state index contributed by atoms with van der Waals surface area (Å²) in [6.45, 7) is -3.18. The van der Waals surface area contributed by atoms with Crippen molar-refractivity contribution in [1.29, 1.82) is 0 Å². The number of aliphatic carboxylic acids is 2. The SMILES string of the molecule is CO[C@@H]1O[C@@H](COS(=O)(=O)O)[C@H](O[C@@H]2O[C@H](C(=O)O)[C@H](O[C@@H]3O[C@@H](COS(=O)(=O)O)[C@H](O[C@@H]4O[C@H](C(=O)O)[C@H](OC)[C@@H](O)[C@@H]4OS(=O)(=O)O)[C@@H](O)[C@@H]3NOS(=O)(=O)O)[C@@H](O)[C@@H]2OS(=O)(=O)O)[C@@H](O)[C@@H]1NOS(=O)(=O)O. The van der Waals surface area contributed by atoms with E-state index in [1.165, 1.54) is 5.48 Å². The minimum atomic E-state index is -6.01. The van der Waals surface area contributed by atoms with Crippen LogP contribution < -0.4 is 11.0 Å². The second kappa shape index (κ2) is 25.3. The molecule has 0 amide bonds. The number of rotatable bonds is 26. The number of ether oxygens (including phenoxy) is 9. The Kier molecular flexibility index (Phi) is 22.0.